The van der Waals surface area contributed by atoms with Gasteiger partial charge in [0.15, 0.2) is 0 Å². The maximum Gasteiger partial charge on any atom is 0.251 e. The first-order valence-corrected chi connectivity index (χ1v) is 5.74. The highest BCUT2D eigenvalue weighted by Crippen LogP contribution is 2.26. The molecule has 1 atom stereocenters. The fraction of sp³-hybridized carbons (Fsp3) is 0.462. The third kappa shape index (κ3) is 1.83. The molecule has 1 amide bonds. The molecule has 86 valence electrons. The Morgan fingerprint density at radius 2 is 2.19 bits per heavy atom. The van der Waals surface area contributed by atoms with Gasteiger partial charge in [0.05, 0.1) is 0 Å². The zero-order valence-corrected chi connectivity index (χ0v) is 9.79. The zero-order valence-electron chi connectivity index (χ0n) is 9.79. The molecule has 1 aromatic rings. The van der Waals surface area contributed by atoms with Crippen LogP contribution in [-0.2, 0) is 6.54 Å². The van der Waals surface area contributed by atoms with E-state index in [1.807, 2.05) is 12.1 Å². The Kier molecular flexibility index (Phi) is 2.97. The number of amides is 1. The maximum atomic E-state index is 11.6. The number of hydrogen-bond acceptors (Lipinski definition) is 2. The van der Waals surface area contributed by atoms with Crippen LogP contribution in [-0.4, -0.2) is 12.5 Å². The molecule has 0 bridgehead atoms. The molecular weight excluding hydrogens is 200 g/mol. The summed E-state index contributed by atoms with van der Waals surface area (Å²) < 4.78 is 0. The van der Waals surface area contributed by atoms with Crippen LogP contribution in [0.5, 0.6) is 0 Å². The molecule has 0 saturated carbocycles. The quantitative estimate of drug-likeness (QED) is 0.810. The summed E-state index contributed by atoms with van der Waals surface area (Å²) in [6.07, 6.45) is 0. The molecule has 2 rings (SSSR count). The average Bonchev–Trinajstić information content (AvgIpc) is 2.61. The van der Waals surface area contributed by atoms with E-state index < -0.39 is 0 Å². The van der Waals surface area contributed by atoms with Crippen LogP contribution in [0.4, 0.5) is 0 Å². The van der Waals surface area contributed by atoms with Gasteiger partial charge in [-0.2, -0.15) is 0 Å². The highest BCUT2D eigenvalue weighted by molar-refractivity contribution is 5.98. The normalized spacial score (nSPS) is 16.1. The molecule has 0 spiro atoms. The second-order valence-corrected chi connectivity index (χ2v) is 4.69. The largest absolute Gasteiger partial charge is 0.348 e. The van der Waals surface area contributed by atoms with Gasteiger partial charge in [0.1, 0.15) is 0 Å². The Hall–Kier alpha value is -1.35. The van der Waals surface area contributed by atoms with E-state index in [2.05, 4.69) is 25.2 Å². The number of nitrogens with two attached hydrogens (primary N) is 1. The van der Waals surface area contributed by atoms with Crippen molar-refractivity contribution in [2.75, 3.05) is 6.54 Å². The van der Waals surface area contributed by atoms with E-state index >= 15 is 0 Å². The first-order valence-electron chi connectivity index (χ1n) is 5.74. The summed E-state index contributed by atoms with van der Waals surface area (Å²) in [4.78, 5) is 11.6. The molecule has 3 N–H and O–H groups in total. The summed E-state index contributed by atoms with van der Waals surface area (Å²) in [5.74, 6) is 0.864. The number of nitrogens with one attached hydrogen (secondary N) is 1. The first-order chi connectivity index (χ1) is 7.63. The van der Waals surface area contributed by atoms with Crippen LogP contribution in [0.1, 0.15) is 41.3 Å². The molecular formula is C13H18N2O. The number of benzene rings is 1. The van der Waals surface area contributed by atoms with Gasteiger partial charge in [-0.3, -0.25) is 4.79 Å². The van der Waals surface area contributed by atoms with Crippen LogP contribution in [0.25, 0.3) is 0 Å². The summed E-state index contributed by atoms with van der Waals surface area (Å²) in [7, 11) is 0. The van der Waals surface area contributed by atoms with Gasteiger partial charge in [-0.1, -0.05) is 26.0 Å². The van der Waals surface area contributed by atoms with Crippen molar-refractivity contribution in [3.05, 3.63) is 34.9 Å². The van der Waals surface area contributed by atoms with Gasteiger partial charge in [0.2, 0.25) is 0 Å². The minimum Gasteiger partial charge on any atom is -0.348 e. The standard InChI is InChI=1S/C13H18N2O/c1-8(2)12(6-14)9-3-4-10-7-15-13(16)11(10)5-9/h3-5,8,12H,6-7,14H2,1-2H3,(H,15,16). The second kappa shape index (κ2) is 4.26. The Labute approximate surface area is 96.0 Å². The van der Waals surface area contributed by atoms with Crippen molar-refractivity contribution in [1.29, 1.82) is 0 Å². The zero-order chi connectivity index (χ0) is 11.7. The van der Waals surface area contributed by atoms with Gasteiger partial charge >= 0.3 is 0 Å². The van der Waals surface area contributed by atoms with Crippen molar-refractivity contribution in [2.24, 2.45) is 11.7 Å². The van der Waals surface area contributed by atoms with Crippen LogP contribution < -0.4 is 11.1 Å². The van der Waals surface area contributed by atoms with Crippen molar-refractivity contribution in [1.82, 2.24) is 5.32 Å². The third-order valence-electron chi connectivity index (χ3n) is 3.30. The van der Waals surface area contributed by atoms with Gasteiger partial charge < -0.3 is 11.1 Å². The van der Waals surface area contributed by atoms with Crippen molar-refractivity contribution in [3.63, 3.8) is 0 Å². The molecule has 3 heteroatoms. The van der Waals surface area contributed by atoms with Gasteiger partial charge in [0.25, 0.3) is 5.91 Å². The number of fused-ring (bicyclic) bond motifs is 1. The van der Waals surface area contributed by atoms with Gasteiger partial charge in [-0.05, 0) is 35.6 Å². The predicted octanol–water partition coefficient (Wildman–Crippen LogP) is 1.63. The fourth-order valence-electron chi connectivity index (χ4n) is 2.25. The molecule has 1 aromatic carbocycles. The molecule has 0 aromatic heterocycles. The molecule has 1 heterocycles. The lowest BCUT2D eigenvalue weighted by atomic mass is 9.87. The molecule has 0 saturated heterocycles. The Balaban J connectivity index is 2.37. The summed E-state index contributed by atoms with van der Waals surface area (Å²) >= 11 is 0. The molecule has 16 heavy (non-hydrogen) atoms. The van der Waals surface area contributed by atoms with Crippen LogP contribution in [0.3, 0.4) is 0 Å². The van der Waals surface area contributed by atoms with Crippen LogP contribution in [0.2, 0.25) is 0 Å². The highest BCUT2D eigenvalue weighted by Gasteiger charge is 2.21. The lowest BCUT2D eigenvalue weighted by Gasteiger charge is -2.19. The molecule has 3 nitrogen and oxygen atoms in total. The number of rotatable bonds is 3. The van der Waals surface area contributed by atoms with Crippen LogP contribution in [0.15, 0.2) is 18.2 Å². The first kappa shape index (κ1) is 11.1. The van der Waals surface area contributed by atoms with E-state index in [1.54, 1.807) is 0 Å². The number of hydrogen-bond donors (Lipinski definition) is 2. The third-order valence-corrected chi connectivity index (χ3v) is 3.30. The Morgan fingerprint density at radius 3 is 2.81 bits per heavy atom. The van der Waals surface area contributed by atoms with Crippen molar-refractivity contribution >= 4 is 5.91 Å². The molecule has 1 aliphatic heterocycles. The number of carbonyl (C=O) groups excluding carboxylic acids is 1. The summed E-state index contributed by atoms with van der Waals surface area (Å²) in [6.45, 7) is 5.59. The van der Waals surface area contributed by atoms with Crippen LogP contribution >= 0.6 is 0 Å². The highest BCUT2D eigenvalue weighted by atomic mass is 16.1. The number of carbonyl (C=O) groups is 1. The Morgan fingerprint density at radius 1 is 1.44 bits per heavy atom. The molecule has 0 aliphatic carbocycles. The van der Waals surface area contributed by atoms with E-state index in [-0.39, 0.29) is 5.91 Å². The van der Waals surface area contributed by atoms with Crippen molar-refractivity contribution in [2.45, 2.75) is 26.3 Å². The smallest absolute Gasteiger partial charge is 0.251 e. The van der Waals surface area contributed by atoms with E-state index in [0.29, 0.717) is 24.9 Å². The van der Waals surface area contributed by atoms with Crippen LogP contribution in [0, 0.1) is 5.92 Å². The van der Waals surface area contributed by atoms with E-state index in [9.17, 15) is 4.79 Å². The van der Waals surface area contributed by atoms with Crippen molar-refractivity contribution < 1.29 is 4.79 Å². The fourth-order valence-corrected chi connectivity index (χ4v) is 2.25. The minimum absolute atomic E-state index is 0.0383. The average molecular weight is 218 g/mol. The second-order valence-electron chi connectivity index (χ2n) is 4.69. The van der Waals surface area contributed by atoms with Gasteiger partial charge in [0, 0.05) is 12.1 Å². The van der Waals surface area contributed by atoms with E-state index in [0.717, 1.165) is 11.1 Å². The lowest BCUT2D eigenvalue weighted by Crippen LogP contribution is -2.18. The summed E-state index contributed by atoms with van der Waals surface area (Å²) in [5, 5.41) is 2.83. The lowest BCUT2D eigenvalue weighted by molar-refractivity contribution is 0.0965. The van der Waals surface area contributed by atoms with Crippen molar-refractivity contribution in [3.8, 4) is 0 Å². The van der Waals surface area contributed by atoms with E-state index in [4.69, 9.17) is 5.73 Å². The Bertz CT molecular complexity index is 412. The van der Waals surface area contributed by atoms with E-state index in [1.165, 1.54) is 5.56 Å². The molecule has 0 fully saturated rings. The van der Waals surface area contributed by atoms with Gasteiger partial charge in [-0.15, -0.1) is 0 Å². The minimum atomic E-state index is 0.0383. The maximum absolute atomic E-state index is 11.6. The summed E-state index contributed by atoms with van der Waals surface area (Å²) in [6, 6.07) is 6.12. The monoisotopic (exact) mass is 218 g/mol. The molecule has 1 aliphatic rings. The molecule has 1 unspecified atom stereocenters. The summed E-state index contributed by atoms with van der Waals surface area (Å²) in [5.41, 5.74) is 8.87. The predicted molar refractivity (Wildman–Crippen MR) is 64.2 cm³/mol. The molecule has 0 radical (unpaired) electrons. The topological polar surface area (TPSA) is 55.1 Å². The van der Waals surface area contributed by atoms with Gasteiger partial charge in [-0.25, -0.2) is 0 Å². The SMILES string of the molecule is CC(C)C(CN)c1ccc2c(c1)C(=O)NC2.